The highest BCUT2D eigenvalue weighted by Crippen LogP contribution is 2.07. The van der Waals surface area contributed by atoms with Gasteiger partial charge < -0.3 is 20.5 Å². The Hall–Kier alpha value is -1.14. The largest absolute Gasteiger partial charge is 0.459 e. The standard InChI is InChI=1S/2C7H15NO2/c1-7(2,3)10-6(9)5-8-4;1-5(8)6(9)10-7(2,3)4/h8H,5H2,1-4H3;5H,8H2,1-4H3/t;5-/m.0/s1. The van der Waals surface area contributed by atoms with Gasteiger partial charge in [0, 0.05) is 0 Å². The topological polar surface area (TPSA) is 90.6 Å². The molecule has 0 saturated carbocycles. The van der Waals surface area contributed by atoms with Crippen LogP contribution in [0.3, 0.4) is 0 Å². The normalized spacial score (nSPS) is 12.8. The van der Waals surface area contributed by atoms with E-state index in [0.29, 0.717) is 0 Å². The molecule has 6 nitrogen and oxygen atoms in total. The van der Waals surface area contributed by atoms with E-state index < -0.39 is 11.6 Å². The number of hydrogen-bond acceptors (Lipinski definition) is 6. The van der Waals surface area contributed by atoms with E-state index in [0.717, 1.165) is 0 Å². The van der Waals surface area contributed by atoms with Gasteiger partial charge >= 0.3 is 11.9 Å². The molecule has 0 aromatic carbocycles. The van der Waals surface area contributed by atoms with Gasteiger partial charge in [-0.25, -0.2) is 0 Å². The van der Waals surface area contributed by atoms with Gasteiger partial charge in [0.25, 0.3) is 0 Å². The summed E-state index contributed by atoms with van der Waals surface area (Å²) in [7, 11) is 1.71. The third-order valence-corrected chi connectivity index (χ3v) is 1.52. The van der Waals surface area contributed by atoms with Gasteiger partial charge in [-0.2, -0.15) is 0 Å². The van der Waals surface area contributed by atoms with Crippen molar-refractivity contribution in [3.63, 3.8) is 0 Å². The first-order valence-electron chi connectivity index (χ1n) is 6.63. The van der Waals surface area contributed by atoms with Crippen molar-refractivity contribution in [2.45, 2.75) is 65.7 Å². The van der Waals surface area contributed by atoms with E-state index in [-0.39, 0.29) is 24.1 Å². The number of esters is 2. The van der Waals surface area contributed by atoms with Crippen LogP contribution < -0.4 is 11.1 Å². The fourth-order valence-corrected chi connectivity index (χ4v) is 0.917. The molecule has 0 amide bonds. The smallest absolute Gasteiger partial charge is 0.323 e. The van der Waals surface area contributed by atoms with Gasteiger partial charge in [-0.05, 0) is 55.5 Å². The summed E-state index contributed by atoms with van der Waals surface area (Å²) in [5.74, 6) is -0.567. The number of carbonyl (C=O) groups excluding carboxylic acids is 2. The molecule has 20 heavy (non-hydrogen) atoms. The molecular formula is C14H30N2O4. The molecule has 0 unspecified atom stereocenters. The van der Waals surface area contributed by atoms with Crippen LogP contribution in [0.25, 0.3) is 0 Å². The van der Waals surface area contributed by atoms with Gasteiger partial charge in [-0.15, -0.1) is 0 Å². The molecule has 0 aromatic heterocycles. The fourth-order valence-electron chi connectivity index (χ4n) is 0.917. The van der Waals surface area contributed by atoms with Crippen molar-refractivity contribution in [1.29, 1.82) is 0 Å². The molecule has 3 N–H and O–H groups in total. The zero-order valence-corrected chi connectivity index (χ0v) is 14.0. The van der Waals surface area contributed by atoms with Crippen molar-refractivity contribution in [3.8, 4) is 0 Å². The molecule has 0 aliphatic heterocycles. The third-order valence-electron chi connectivity index (χ3n) is 1.52. The van der Waals surface area contributed by atoms with Crippen molar-refractivity contribution in [2.24, 2.45) is 5.73 Å². The van der Waals surface area contributed by atoms with E-state index in [4.69, 9.17) is 15.2 Å². The summed E-state index contributed by atoms with van der Waals surface area (Å²) in [6, 6.07) is -0.528. The first-order valence-corrected chi connectivity index (χ1v) is 6.63. The molecule has 0 fully saturated rings. The first-order chi connectivity index (χ1) is 8.78. The minimum Gasteiger partial charge on any atom is -0.459 e. The molecule has 0 aromatic rings. The minimum atomic E-state index is -0.528. The second-order valence-corrected chi connectivity index (χ2v) is 6.44. The lowest BCUT2D eigenvalue weighted by molar-refractivity contribution is -0.156. The third kappa shape index (κ3) is 16.9. The average Bonchev–Trinajstić information content (AvgIpc) is 2.12. The van der Waals surface area contributed by atoms with Crippen molar-refractivity contribution in [2.75, 3.05) is 13.6 Å². The van der Waals surface area contributed by atoms with Crippen molar-refractivity contribution in [3.05, 3.63) is 0 Å². The van der Waals surface area contributed by atoms with Crippen molar-refractivity contribution in [1.82, 2.24) is 5.32 Å². The molecule has 6 heteroatoms. The zero-order valence-electron chi connectivity index (χ0n) is 14.0. The van der Waals surface area contributed by atoms with Gasteiger partial charge in [-0.3, -0.25) is 9.59 Å². The lowest BCUT2D eigenvalue weighted by Crippen LogP contribution is -2.35. The summed E-state index contributed by atoms with van der Waals surface area (Å²) in [5.41, 5.74) is 4.48. The van der Waals surface area contributed by atoms with Crippen LogP contribution in [0.5, 0.6) is 0 Å². The van der Waals surface area contributed by atoms with Crippen LogP contribution in [0, 0.1) is 0 Å². The number of carbonyl (C=O) groups is 2. The number of ether oxygens (including phenoxy) is 2. The fraction of sp³-hybridized carbons (Fsp3) is 0.857. The molecule has 0 rings (SSSR count). The van der Waals surface area contributed by atoms with Crippen LogP contribution in [-0.2, 0) is 19.1 Å². The second kappa shape index (κ2) is 8.92. The van der Waals surface area contributed by atoms with E-state index in [1.54, 1.807) is 14.0 Å². The van der Waals surface area contributed by atoms with Crippen molar-refractivity contribution >= 4 is 11.9 Å². The maximum atomic E-state index is 10.8. The van der Waals surface area contributed by atoms with E-state index in [1.165, 1.54) is 0 Å². The Balaban J connectivity index is 0. The highest BCUT2D eigenvalue weighted by molar-refractivity contribution is 5.75. The van der Waals surface area contributed by atoms with Gasteiger partial charge in [0.1, 0.15) is 17.2 Å². The van der Waals surface area contributed by atoms with Crippen LogP contribution >= 0.6 is 0 Å². The predicted octanol–water partition coefficient (Wildman–Crippen LogP) is 1.22. The van der Waals surface area contributed by atoms with Gasteiger partial charge in [0.15, 0.2) is 0 Å². The Morgan fingerprint density at radius 3 is 1.65 bits per heavy atom. The number of hydrogen-bond donors (Lipinski definition) is 2. The van der Waals surface area contributed by atoms with Crippen LogP contribution in [0.4, 0.5) is 0 Å². The number of nitrogens with two attached hydrogens (primary N) is 1. The van der Waals surface area contributed by atoms with E-state index in [9.17, 15) is 9.59 Å². The van der Waals surface area contributed by atoms with E-state index in [1.807, 2.05) is 41.5 Å². The summed E-state index contributed by atoms with van der Waals surface area (Å²) >= 11 is 0. The molecule has 1 atom stereocenters. The lowest BCUT2D eigenvalue weighted by Gasteiger charge is -2.20. The monoisotopic (exact) mass is 290 g/mol. The van der Waals surface area contributed by atoms with Crippen LogP contribution in [-0.4, -0.2) is 42.8 Å². The average molecular weight is 290 g/mol. The molecule has 0 aliphatic carbocycles. The van der Waals surface area contributed by atoms with Crippen LogP contribution in [0.15, 0.2) is 0 Å². The molecule has 0 radical (unpaired) electrons. The second-order valence-electron chi connectivity index (χ2n) is 6.44. The SMILES string of the molecule is CNCC(=O)OC(C)(C)C.C[C@H](N)C(=O)OC(C)(C)C. The quantitative estimate of drug-likeness (QED) is 0.760. The Morgan fingerprint density at radius 2 is 1.45 bits per heavy atom. The molecular weight excluding hydrogens is 260 g/mol. The number of likely N-dealkylation sites (N-methyl/N-ethyl adjacent to an activating group) is 1. The Labute approximate surface area is 122 Å². The van der Waals surface area contributed by atoms with E-state index in [2.05, 4.69) is 5.32 Å². The minimum absolute atomic E-state index is 0.213. The highest BCUT2D eigenvalue weighted by Gasteiger charge is 2.18. The Morgan fingerprint density at radius 1 is 1.05 bits per heavy atom. The van der Waals surface area contributed by atoms with Crippen LogP contribution in [0.1, 0.15) is 48.5 Å². The molecule has 0 heterocycles. The first kappa shape index (κ1) is 21.2. The predicted molar refractivity (Wildman–Crippen MR) is 79.3 cm³/mol. The summed E-state index contributed by atoms with van der Waals surface area (Å²) in [6.07, 6.45) is 0. The van der Waals surface area contributed by atoms with Crippen molar-refractivity contribution < 1.29 is 19.1 Å². The molecule has 0 saturated heterocycles. The Bertz CT molecular complexity index is 301. The molecule has 0 bridgehead atoms. The van der Waals surface area contributed by atoms with Gasteiger partial charge in [0.05, 0.1) is 6.54 Å². The maximum Gasteiger partial charge on any atom is 0.323 e. The van der Waals surface area contributed by atoms with Gasteiger partial charge in [-0.1, -0.05) is 0 Å². The van der Waals surface area contributed by atoms with Crippen LogP contribution in [0.2, 0.25) is 0 Å². The van der Waals surface area contributed by atoms with E-state index >= 15 is 0 Å². The number of nitrogens with one attached hydrogen (secondary N) is 1. The molecule has 0 aliphatic rings. The zero-order chi connectivity index (χ0) is 16.6. The summed E-state index contributed by atoms with van der Waals surface area (Å²) in [5, 5.41) is 2.72. The summed E-state index contributed by atoms with van der Waals surface area (Å²) in [6.45, 7) is 12.9. The lowest BCUT2D eigenvalue weighted by atomic mass is 10.2. The summed E-state index contributed by atoms with van der Waals surface area (Å²) in [4.78, 5) is 21.6. The molecule has 0 spiro atoms. The Kier molecular flexibility index (Phi) is 9.44. The molecule has 120 valence electrons. The highest BCUT2D eigenvalue weighted by atomic mass is 16.6. The summed E-state index contributed by atoms with van der Waals surface area (Å²) < 4.78 is 9.91. The number of rotatable bonds is 3. The van der Waals surface area contributed by atoms with Gasteiger partial charge in [0.2, 0.25) is 0 Å². The maximum absolute atomic E-state index is 10.8.